The van der Waals surface area contributed by atoms with E-state index in [1.165, 1.54) is 26.0 Å². The number of fused-ring (bicyclic) bond motifs is 1. The van der Waals surface area contributed by atoms with Gasteiger partial charge in [-0.05, 0) is 55.7 Å². The van der Waals surface area contributed by atoms with Crippen LogP contribution in [-0.4, -0.2) is 22.4 Å². The topological polar surface area (TPSA) is 64.6 Å². The molecule has 0 N–H and O–H groups in total. The number of carbonyl (C=O) groups excluding carboxylic acids is 1. The molecule has 1 fully saturated rings. The minimum atomic E-state index is -4.75. The highest BCUT2D eigenvalue weighted by molar-refractivity contribution is 6.06. The van der Waals surface area contributed by atoms with Crippen molar-refractivity contribution in [2.45, 2.75) is 39.5 Å². The number of ether oxygens (including phenoxy) is 2. The molecule has 0 spiro atoms. The molecule has 5 aromatic rings. The van der Waals surface area contributed by atoms with Crippen LogP contribution in [0.5, 0.6) is 17.4 Å². The predicted molar refractivity (Wildman–Crippen MR) is 158 cm³/mol. The Bertz CT molecular complexity index is 1930. The van der Waals surface area contributed by atoms with E-state index in [0.717, 1.165) is 11.6 Å². The number of alkyl halides is 3. The van der Waals surface area contributed by atoms with Gasteiger partial charge in [0.05, 0.1) is 33.4 Å². The second-order valence-electron chi connectivity index (χ2n) is 10.7. The summed E-state index contributed by atoms with van der Waals surface area (Å²) in [6, 6.07) is 18.0. The minimum absolute atomic E-state index is 0.0433. The maximum absolute atomic E-state index is 14.4. The van der Waals surface area contributed by atoms with Gasteiger partial charge in [-0.25, -0.2) is 18.7 Å². The fourth-order valence-corrected chi connectivity index (χ4v) is 5.43. The van der Waals surface area contributed by atoms with Crippen molar-refractivity contribution in [3.8, 4) is 28.6 Å². The molecule has 2 aromatic heterocycles. The first-order valence-corrected chi connectivity index (χ1v) is 14.1. The molecular formula is C34H26F5N3O3. The third kappa shape index (κ3) is 5.77. The molecule has 0 saturated carbocycles. The number of benzene rings is 3. The predicted octanol–water partition coefficient (Wildman–Crippen LogP) is 8.71. The second-order valence-corrected chi connectivity index (χ2v) is 10.7. The average Bonchev–Trinajstić information content (AvgIpc) is 3.45. The fraction of sp³-hybridized carbons (Fsp3) is 0.206. The number of carbonyl (C=O) groups is 1. The Morgan fingerprint density at radius 1 is 0.933 bits per heavy atom. The van der Waals surface area contributed by atoms with E-state index in [9.17, 15) is 26.7 Å². The van der Waals surface area contributed by atoms with Crippen molar-refractivity contribution < 1.29 is 36.2 Å². The van der Waals surface area contributed by atoms with Crippen LogP contribution in [0.2, 0.25) is 0 Å². The molecule has 0 aliphatic carbocycles. The molecule has 1 amide bonds. The number of rotatable bonds is 7. The van der Waals surface area contributed by atoms with Crippen LogP contribution >= 0.6 is 0 Å². The zero-order chi connectivity index (χ0) is 31.9. The number of aromatic nitrogens is 2. The molecule has 45 heavy (non-hydrogen) atoms. The lowest BCUT2D eigenvalue weighted by molar-refractivity contribution is -0.138. The number of hydrogen-bond donors (Lipinski definition) is 0. The molecule has 3 aromatic carbocycles. The molecule has 3 heterocycles. The Hall–Kier alpha value is -5.06. The number of hydrogen-bond acceptors (Lipinski definition) is 5. The summed E-state index contributed by atoms with van der Waals surface area (Å²) in [6.45, 7) is 3.18. The normalized spacial score (nSPS) is 13.5. The summed E-state index contributed by atoms with van der Waals surface area (Å²) in [5, 5.41) is 0.518. The lowest BCUT2D eigenvalue weighted by Gasteiger charge is -2.22. The van der Waals surface area contributed by atoms with E-state index < -0.39 is 23.4 Å². The molecule has 230 valence electrons. The summed E-state index contributed by atoms with van der Waals surface area (Å²) >= 11 is 0. The van der Waals surface area contributed by atoms with Gasteiger partial charge in [0.2, 0.25) is 11.8 Å². The molecule has 6 rings (SSSR count). The summed E-state index contributed by atoms with van der Waals surface area (Å²) in [5.74, 6) is -2.45. The smallest absolute Gasteiger partial charge is 0.418 e. The third-order valence-electron chi connectivity index (χ3n) is 7.74. The molecule has 6 nitrogen and oxygen atoms in total. The van der Waals surface area contributed by atoms with Crippen LogP contribution in [0.3, 0.4) is 0 Å². The van der Waals surface area contributed by atoms with Gasteiger partial charge in [-0.15, -0.1) is 0 Å². The summed E-state index contributed by atoms with van der Waals surface area (Å²) in [5.41, 5.74) is 0.276. The van der Waals surface area contributed by atoms with Crippen LogP contribution in [0.15, 0.2) is 72.9 Å². The fourth-order valence-electron chi connectivity index (χ4n) is 5.43. The van der Waals surface area contributed by atoms with Crippen molar-refractivity contribution in [3.63, 3.8) is 0 Å². The monoisotopic (exact) mass is 619 g/mol. The van der Waals surface area contributed by atoms with Crippen LogP contribution in [0.25, 0.3) is 22.2 Å². The maximum Gasteiger partial charge on any atom is 0.418 e. The highest BCUT2D eigenvalue weighted by Gasteiger charge is 2.36. The van der Waals surface area contributed by atoms with E-state index in [1.807, 2.05) is 30.3 Å². The first-order valence-electron chi connectivity index (χ1n) is 14.1. The average molecular weight is 620 g/mol. The van der Waals surface area contributed by atoms with Gasteiger partial charge in [-0.1, -0.05) is 36.4 Å². The van der Waals surface area contributed by atoms with Crippen molar-refractivity contribution in [1.82, 2.24) is 9.97 Å². The van der Waals surface area contributed by atoms with Gasteiger partial charge in [-0.2, -0.15) is 13.2 Å². The molecule has 0 atom stereocenters. The van der Waals surface area contributed by atoms with Crippen LogP contribution in [0.4, 0.5) is 27.6 Å². The number of halogens is 5. The van der Waals surface area contributed by atoms with Crippen molar-refractivity contribution in [2.24, 2.45) is 0 Å². The van der Waals surface area contributed by atoms with Crippen molar-refractivity contribution in [3.05, 3.63) is 107 Å². The van der Waals surface area contributed by atoms with Gasteiger partial charge in [-0.3, -0.25) is 4.79 Å². The minimum Gasteiger partial charge on any atom is -0.488 e. The standard InChI is InChI=1S/C34H26F5N3O3/c1-19-22(34(37,38)39)17-40-33(45-27-14-13-23(35)32(36)20(27)2)30(19)25-16-28(44-18-21-8-4-3-5-9-21)31-24(41-25)10-6-11-26(31)42-15-7-12-29(42)43/h3-6,8-11,13-14,16-17H,7,12,15,18H2,1-2H3. The molecule has 11 heteroatoms. The van der Waals surface area contributed by atoms with Crippen molar-refractivity contribution in [1.29, 1.82) is 0 Å². The van der Waals surface area contributed by atoms with Crippen molar-refractivity contribution >= 4 is 22.5 Å². The van der Waals surface area contributed by atoms with E-state index in [2.05, 4.69) is 4.98 Å². The van der Waals surface area contributed by atoms with Gasteiger partial charge in [0.1, 0.15) is 18.1 Å². The summed E-state index contributed by atoms with van der Waals surface area (Å²) < 4.78 is 82.7. The second kappa shape index (κ2) is 11.8. The van der Waals surface area contributed by atoms with Gasteiger partial charge in [0.25, 0.3) is 0 Å². The van der Waals surface area contributed by atoms with Crippen LogP contribution in [0, 0.1) is 25.5 Å². The lowest BCUT2D eigenvalue weighted by atomic mass is 10.00. The van der Waals surface area contributed by atoms with E-state index >= 15 is 0 Å². The van der Waals surface area contributed by atoms with E-state index in [4.69, 9.17) is 14.5 Å². The van der Waals surface area contributed by atoms with E-state index in [1.54, 1.807) is 23.1 Å². The molecule has 0 unspecified atom stereocenters. The van der Waals surface area contributed by atoms with E-state index in [0.29, 0.717) is 42.2 Å². The third-order valence-corrected chi connectivity index (χ3v) is 7.74. The zero-order valence-corrected chi connectivity index (χ0v) is 24.2. The van der Waals surface area contributed by atoms with Crippen LogP contribution < -0.4 is 14.4 Å². The summed E-state index contributed by atoms with van der Waals surface area (Å²) in [4.78, 5) is 23.1. The lowest BCUT2D eigenvalue weighted by Crippen LogP contribution is -2.24. The zero-order valence-electron chi connectivity index (χ0n) is 24.2. The quantitative estimate of drug-likeness (QED) is 0.171. The maximum atomic E-state index is 14.4. The van der Waals surface area contributed by atoms with Gasteiger partial charge in [0.15, 0.2) is 11.6 Å². The first-order chi connectivity index (χ1) is 21.5. The Morgan fingerprint density at radius 2 is 1.71 bits per heavy atom. The SMILES string of the molecule is Cc1c(Oc2ncc(C(F)(F)F)c(C)c2-c2cc(OCc3ccccc3)c3c(N4CCCC4=O)cccc3n2)ccc(F)c1F. The largest absolute Gasteiger partial charge is 0.488 e. The number of amides is 1. The molecule has 1 aliphatic heterocycles. The van der Waals surface area contributed by atoms with Gasteiger partial charge >= 0.3 is 6.18 Å². The highest BCUT2D eigenvalue weighted by Crippen LogP contribution is 2.44. The molecule has 0 bridgehead atoms. The number of pyridine rings is 2. The Morgan fingerprint density at radius 3 is 2.42 bits per heavy atom. The van der Waals surface area contributed by atoms with Crippen LogP contribution in [0.1, 0.15) is 35.1 Å². The van der Waals surface area contributed by atoms with Crippen LogP contribution in [-0.2, 0) is 17.6 Å². The number of anilines is 1. The molecule has 1 saturated heterocycles. The first kappa shape index (κ1) is 30.0. The molecule has 1 aliphatic rings. The Labute approximate surface area is 255 Å². The number of nitrogens with zero attached hydrogens (tertiary/aromatic N) is 3. The van der Waals surface area contributed by atoms with Gasteiger partial charge < -0.3 is 14.4 Å². The molecule has 0 radical (unpaired) electrons. The summed E-state index contributed by atoms with van der Waals surface area (Å²) in [6.07, 6.45) is -3.05. The summed E-state index contributed by atoms with van der Waals surface area (Å²) in [7, 11) is 0. The van der Waals surface area contributed by atoms with Crippen molar-refractivity contribution in [2.75, 3.05) is 11.4 Å². The molecular weight excluding hydrogens is 593 g/mol. The Kier molecular flexibility index (Phi) is 7.86. The highest BCUT2D eigenvalue weighted by atomic mass is 19.4. The van der Waals surface area contributed by atoms with E-state index in [-0.39, 0.29) is 52.3 Å². The van der Waals surface area contributed by atoms with Gasteiger partial charge in [0, 0.05) is 30.8 Å². The Balaban J connectivity index is 1.57.